The van der Waals surface area contributed by atoms with E-state index in [-0.39, 0.29) is 18.3 Å². The van der Waals surface area contributed by atoms with E-state index in [1.165, 1.54) is 18.9 Å². The Morgan fingerprint density at radius 3 is 2.50 bits per heavy atom. The molecule has 3 N–H and O–H groups in total. The van der Waals surface area contributed by atoms with Crippen molar-refractivity contribution >= 4 is 70.3 Å². The highest BCUT2D eigenvalue weighted by Crippen LogP contribution is 2.31. The maximum atomic E-state index is 11.8. The lowest BCUT2D eigenvalue weighted by Gasteiger charge is -2.11. The van der Waals surface area contributed by atoms with Gasteiger partial charge in [0.25, 0.3) is 5.91 Å². The molecule has 1 aliphatic rings. The Kier molecular flexibility index (Phi) is 8.69. The number of thioether (sulfide) groups is 1. The standard InChI is InChI=1S/C20H17ClN2O4S2.ClH/c1-26-19(25)16(22)8-11-2-5-13(6-3-11)27-14-7-4-12(15(21)10-14)9-17-18(24)23-20(28)29-17;/h2-7,9-10,16H,8,22H2,1H3,(H,23,24,28);1H/b17-9+;/t16-;/m0./s1. The van der Waals surface area contributed by atoms with Gasteiger partial charge in [-0.15, -0.1) is 12.4 Å². The zero-order chi connectivity index (χ0) is 21.0. The maximum absolute atomic E-state index is 11.8. The Morgan fingerprint density at radius 2 is 1.93 bits per heavy atom. The van der Waals surface area contributed by atoms with Crippen molar-refractivity contribution in [3.63, 3.8) is 0 Å². The fourth-order valence-corrected chi connectivity index (χ4v) is 3.83. The number of amides is 1. The molecule has 0 bridgehead atoms. The Hall–Kier alpha value is -2.10. The van der Waals surface area contributed by atoms with Crippen LogP contribution in [0.5, 0.6) is 11.5 Å². The second-order valence-corrected chi connectivity index (χ2v) is 8.24. The van der Waals surface area contributed by atoms with Crippen LogP contribution in [-0.2, 0) is 20.7 Å². The molecule has 1 amide bonds. The molecule has 3 rings (SSSR count). The summed E-state index contributed by atoms with van der Waals surface area (Å²) < 4.78 is 10.9. The van der Waals surface area contributed by atoms with Crippen LogP contribution < -0.4 is 15.8 Å². The summed E-state index contributed by atoms with van der Waals surface area (Å²) in [6.45, 7) is 0. The summed E-state index contributed by atoms with van der Waals surface area (Å²) in [5.74, 6) is 0.475. The average molecular weight is 485 g/mol. The predicted molar refractivity (Wildman–Crippen MR) is 125 cm³/mol. The number of nitrogens with one attached hydrogen (secondary N) is 1. The number of hydrogen-bond acceptors (Lipinski definition) is 7. The average Bonchev–Trinajstić information content (AvgIpc) is 3.01. The second-order valence-electron chi connectivity index (χ2n) is 6.12. The molecule has 10 heteroatoms. The van der Waals surface area contributed by atoms with Crippen LogP contribution in [0.2, 0.25) is 5.02 Å². The quantitative estimate of drug-likeness (QED) is 0.362. The van der Waals surface area contributed by atoms with Crippen molar-refractivity contribution in [3.8, 4) is 11.5 Å². The molecule has 1 atom stereocenters. The van der Waals surface area contributed by atoms with Crippen LogP contribution in [0.3, 0.4) is 0 Å². The van der Waals surface area contributed by atoms with Gasteiger partial charge in [-0.05, 0) is 54.0 Å². The van der Waals surface area contributed by atoms with Crippen LogP contribution >= 0.6 is 48.0 Å². The fourth-order valence-electron chi connectivity index (χ4n) is 2.57. The lowest BCUT2D eigenvalue weighted by molar-refractivity contribution is -0.142. The van der Waals surface area contributed by atoms with E-state index in [0.717, 1.165) is 5.56 Å². The number of hydrogen-bond donors (Lipinski definition) is 2. The number of methoxy groups -OCH3 is 1. The first-order valence-corrected chi connectivity index (χ1v) is 10.1. The molecule has 1 aliphatic heterocycles. The van der Waals surface area contributed by atoms with Gasteiger partial charge in [-0.1, -0.05) is 47.7 Å². The number of thiocarbonyl (C=S) groups is 1. The van der Waals surface area contributed by atoms with Crippen molar-refractivity contribution in [3.05, 3.63) is 63.5 Å². The molecule has 1 heterocycles. The number of rotatable bonds is 6. The molecule has 158 valence electrons. The first-order chi connectivity index (χ1) is 13.9. The summed E-state index contributed by atoms with van der Waals surface area (Å²) in [6, 6.07) is 11.7. The minimum atomic E-state index is -0.707. The second kappa shape index (κ2) is 10.8. The van der Waals surface area contributed by atoms with E-state index in [9.17, 15) is 9.59 Å². The molecule has 2 aromatic rings. The van der Waals surface area contributed by atoms with E-state index in [1.807, 2.05) is 12.1 Å². The van der Waals surface area contributed by atoms with Gasteiger partial charge in [-0.25, -0.2) is 0 Å². The zero-order valence-corrected chi connectivity index (χ0v) is 18.9. The van der Waals surface area contributed by atoms with Gasteiger partial charge >= 0.3 is 5.97 Å². The lowest BCUT2D eigenvalue weighted by atomic mass is 10.1. The highest BCUT2D eigenvalue weighted by atomic mass is 35.5. The molecule has 6 nitrogen and oxygen atoms in total. The number of benzene rings is 2. The smallest absolute Gasteiger partial charge is 0.322 e. The molecule has 1 fully saturated rings. The van der Waals surface area contributed by atoms with Gasteiger partial charge in [0.05, 0.1) is 17.0 Å². The normalized spacial score (nSPS) is 15.4. The van der Waals surface area contributed by atoms with E-state index in [2.05, 4.69) is 10.1 Å². The van der Waals surface area contributed by atoms with Gasteiger partial charge in [0.1, 0.15) is 21.9 Å². The van der Waals surface area contributed by atoms with Crippen LogP contribution in [0.15, 0.2) is 47.4 Å². The van der Waals surface area contributed by atoms with Gasteiger partial charge in [-0.3, -0.25) is 9.59 Å². The zero-order valence-electron chi connectivity index (χ0n) is 15.7. The first-order valence-electron chi connectivity index (χ1n) is 8.50. The number of carbonyl (C=O) groups excluding carboxylic acids is 2. The topological polar surface area (TPSA) is 90.7 Å². The van der Waals surface area contributed by atoms with Crippen LogP contribution in [0, 0.1) is 0 Å². The Balaban J connectivity index is 0.00000320. The molecular weight excluding hydrogens is 467 g/mol. The Bertz CT molecular complexity index is 997. The summed E-state index contributed by atoms with van der Waals surface area (Å²) in [7, 11) is 1.31. The molecule has 0 aliphatic carbocycles. The van der Waals surface area contributed by atoms with Gasteiger partial charge < -0.3 is 20.5 Å². The van der Waals surface area contributed by atoms with Crippen LogP contribution in [-0.4, -0.2) is 29.3 Å². The summed E-state index contributed by atoms with van der Waals surface area (Å²) in [4.78, 5) is 23.7. The van der Waals surface area contributed by atoms with Crippen molar-refractivity contribution in [2.24, 2.45) is 5.73 Å². The van der Waals surface area contributed by atoms with Crippen molar-refractivity contribution in [2.45, 2.75) is 12.5 Å². The third kappa shape index (κ3) is 6.20. The summed E-state index contributed by atoms with van der Waals surface area (Å²) >= 11 is 12.5. The molecule has 0 radical (unpaired) electrons. The van der Waals surface area contributed by atoms with Gasteiger partial charge in [-0.2, -0.15) is 0 Å². The number of halogens is 2. The maximum Gasteiger partial charge on any atom is 0.322 e. The summed E-state index contributed by atoms with van der Waals surface area (Å²) in [5, 5.41) is 3.01. The number of esters is 1. The van der Waals surface area contributed by atoms with Crippen molar-refractivity contribution in [2.75, 3.05) is 7.11 Å². The van der Waals surface area contributed by atoms with E-state index >= 15 is 0 Å². The van der Waals surface area contributed by atoms with Gasteiger partial charge in [0.2, 0.25) is 0 Å². The Labute approximate surface area is 194 Å². The van der Waals surface area contributed by atoms with Gasteiger partial charge in [0.15, 0.2) is 0 Å². The molecule has 1 saturated heterocycles. The van der Waals surface area contributed by atoms with Crippen LogP contribution in [0.25, 0.3) is 6.08 Å². The summed E-state index contributed by atoms with van der Waals surface area (Å²) in [5.41, 5.74) is 7.35. The fraction of sp³-hybridized carbons (Fsp3) is 0.150. The largest absolute Gasteiger partial charge is 0.468 e. The van der Waals surface area contributed by atoms with Crippen LogP contribution in [0.1, 0.15) is 11.1 Å². The molecule has 0 spiro atoms. The third-order valence-electron chi connectivity index (χ3n) is 4.02. The monoisotopic (exact) mass is 484 g/mol. The SMILES string of the molecule is COC(=O)[C@@H](N)Cc1ccc(Oc2ccc(/C=C3/SC(=S)NC3=O)c(Cl)c2)cc1.Cl. The lowest BCUT2D eigenvalue weighted by Crippen LogP contribution is -2.33. The molecule has 0 unspecified atom stereocenters. The van der Waals surface area contributed by atoms with E-state index in [0.29, 0.717) is 37.7 Å². The first kappa shape index (κ1) is 24.2. The molecule has 0 saturated carbocycles. The Morgan fingerprint density at radius 1 is 1.27 bits per heavy atom. The summed E-state index contributed by atoms with van der Waals surface area (Å²) in [6.07, 6.45) is 2.06. The van der Waals surface area contributed by atoms with Gasteiger partial charge in [0, 0.05) is 0 Å². The number of carbonyl (C=O) groups is 2. The molecule has 0 aromatic heterocycles. The molecule has 2 aromatic carbocycles. The van der Waals surface area contributed by atoms with Crippen molar-refractivity contribution in [1.29, 1.82) is 0 Å². The molecular formula is C20H18Cl2N2O4S2. The highest BCUT2D eigenvalue weighted by molar-refractivity contribution is 8.26. The van der Waals surface area contributed by atoms with Crippen molar-refractivity contribution < 1.29 is 19.1 Å². The number of nitrogens with two attached hydrogens (primary N) is 1. The third-order valence-corrected chi connectivity index (χ3v) is 5.51. The van der Waals surface area contributed by atoms with E-state index in [4.69, 9.17) is 34.3 Å². The van der Waals surface area contributed by atoms with Crippen molar-refractivity contribution in [1.82, 2.24) is 5.32 Å². The minimum absolute atomic E-state index is 0. The highest BCUT2D eigenvalue weighted by Gasteiger charge is 2.22. The predicted octanol–water partition coefficient (Wildman–Crippen LogP) is 4.09. The van der Waals surface area contributed by atoms with Crippen LogP contribution in [0.4, 0.5) is 0 Å². The van der Waals surface area contributed by atoms with E-state index < -0.39 is 12.0 Å². The minimum Gasteiger partial charge on any atom is -0.468 e. The van der Waals surface area contributed by atoms with E-state index in [1.54, 1.807) is 36.4 Å². The number of ether oxygens (including phenoxy) is 2. The molecule has 30 heavy (non-hydrogen) atoms.